The third-order valence-corrected chi connectivity index (χ3v) is 2.67. The maximum atomic E-state index is 5.56. The summed E-state index contributed by atoms with van der Waals surface area (Å²) in [7, 11) is 0. The monoisotopic (exact) mass is 219 g/mol. The Bertz CT molecular complexity index is 372. The number of aliphatic imine (C=N–C) groups is 1. The average Bonchev–Trinajstić information content (AvgIpc) is 2.32. The van der Waals surface area contributed by atoms with Gasteiger partial charge in [0.1, 0.15) is 5.75 Å². The van der Waals surface area contributed by atoms with E-state index in [4.69, 9.17) is 10.5 Å². The summed E-state index contributed by atoms with van der Waals surface area (Å²) in [6.07, 6.45) is 0. The topological polar surface area (TPSA) is 59.6 Å². The SMILES string of the molecule is CCOc1ccc(C2CN=C(N)NC2)cc1. The van der Waals surface area contributed by atoms with Crippen LogP contribution < -0.4 is 15.8 Å². The number of nitrogens with one attached hydrogen (secondary N) is 1. The van der Waals surface area contributed by atoms with Crippen molar-refractivity contribution in [3.8, 4) is 5.75 Å². The Labute approximate surface area is 95.5 Å². The van der Waals surface area contributed by atoms with Crippen molar-refractivity contribution in [1.29, 1.82) is 0 Å². The molecule has 1 aliphatic heterocycles. The third-order valence-electron chi connectivity index (χ3n) is 2.67. The molecule has 1 unspecified atom stereocenters. The zero-order valence-electron chi connectivity index (χ0n) is 9.44. The fourth-order valence-corrected chi connectivity index (χ4v) is 1.78. The molecule has 16 heavy (non-hydrogen) atoms. The van der Waals surface area contributed by atoms with E-state index in [-0.39, 0.29) is 0 Å². The van der Waals surface area contributed by atoms with E-state index in [9.17, 15) is 0 Å². The van der Waals surface area contributed by atoms with Gasteiger partial charge in [0.15, 0.2) is 5.96 Å². The van der Waals surface area contributed by atoms with E-state index in [1.165, 1.54) is 5.56 Å². The first-order valence-corrected chi connectivity index (χ1v) is 5.56. The first-order valence-electron chi connectivity index (χ1n) is 5.56. The Balaban J connectivity index is 2.04. The van der Waals surface area contributed by atoms with Crippen LogP contribution in [0, 0.1) is 0 Å². The Morgan fingerprint density at radius 2 is 2.19 bits per heavy atom. The zero-order valence-corrected chi connectivity index (χ0v) is 9.44. The van der Waals surface area contributed by atoms with Crippen LogP contribution >= 0.6 is 0 Å². The number of nitrogens with two attached hydrogens (primary N) is 1. The zero-order chi connectivity index (χ0) is 11.4. The van der Waals surface area contributed by atoms with Gasteiger partial charge >= 0.3 is 0 Å². The molecule has 0 saturated heterocycles. The van der Waals surface area contributed by atoms with Crippen LogP contribution in [0.25, 0.3) is 0 Å². The molecule has 1 aromatic carbocycles. The molecule has 3 N–H and O–H groups in total. The lowest BCUT2D eigenvalue weighted by molar-refractivity contribution is 0.340. The highest BCUT2D eigenvalue weighted by atomic mass is 16.5. The molecule has 1 aromatic rings. The molecule has 0 aromatic heterocycles. The number of ether oxygens (including phenoxy) is 1. The Morgan fingerprint density at radius 3 is 2.75 bits per heavy atom. The standard InChI is InChI=1S/C12H17N3O/c1-2-16-11-5-3-9(4-6-11)10-7-14-12(13)15-8-10/h3-6,10H,2,7-8H2,1H3,(H3,13,14,15). The molecule has 0 fully saturated rings. The van der Waals surface area contributed by atoms with Gasteiger partial charge in [0.05, 0.1) is 13.2 Å². The van der Waals surface area contributed by atoms with Crippen LogP contribution in [0.2, 0.25) is 0 Å². The average molecular weight is 219 g/mol. The predicted octanol–water partition coefficient (Wildman–Crippen LogP) is 1.09. The number of hydrogen-bond donors (Lipinski definition) is 2. The molecule has 0 radical (unpaired) electrons. The van der Waals surface area contributed by atoms with Crippen molar-refractivity contribution in [3.05, 3.63) is 29.8 Å². The van der Waals surface area contributed by atoms with Gasteiger partial charge in [0.2, 0.25) is 0 Å². The fourth-order valence-electron chi connectivity index (χ4n) is 1.78. The van der Waals surface area contributed by atoms with Crippen molar-refractivity contribution in [2.75, 3.05) is 19.7 Å². The van der Waals surface area contributed by atoms with Crippen molar-refractivity contribution >= 4 is 5.96 Å². The van der Waals surface area contributed by atoms with E-state index < -0.39 is 0 Å². The van der Waals surface area contributed by atoms with Gasteiger partial charge in [0.25, 0.3) is 0 Å². The summed E-state index contributed by atoms with van der Waals surface area (Å²) >= 11 is 0. The summed E-state index contributed by atoms with van der Waals surface area (Å²) in [4.78, 5) is 4.20. The lowest BCUT2D eigenvalue weighted by atomic mass is 9.98. The highest BCUT2D eigenvalue weighted by molar-refractivity contribution is 5.78. The molecule has 0 bridgehead atoms. The van der Waals surface area contributed by atoms with Crippen LogP contribution in [0.5, 0.6) is 5.75 Å². The number of rotatable bonds is 3. The molecule has 0 aliphatic carbocycles. The second-order valence-corrected chi connectivity index (χ2v) is 3.81. The minimum atomic E-state index is 0.406. The van der Waals surface area contributed by atoms with E-state index in [1.54, 1.807) is 0 Å². The Hall–Kier alpha value is -1.71. The molecule has 0 saturated carbocycles. The molecule has 1 atom stereocenters. The van der Waals surface area contributed by atoms with Crippen LogP contribution in [0.3, 0.4) is 0 Å². The smallest absolute Gasteiger partial charge is 0.188 e. The molecule has 4 nitrogen and oxygen atoms in total. The van der Waals surface area contributed by atoms with Gasteiger partial charge in [-0.05, 0) is 24.6 Å². The number of guanidine groups is 1. The van der Waals surface area contributed by atoms with Gasteiger partial charge < -0.3 is 15.8 Å². The summed E-state index contributed by atoms with van der Waals surface area (Å²) < 4.78 is 5.40. The summed E-state index contributed by atoms with van der Waals surface area (Å²) in [5, 5.41) is 3.07. The van der Waals surface area contributed by atoms with Crippen molar-refractivity contribution < 1.29 is 4.74 Å². The summed E-state index contributed by atoms with van der Waals surface area (Å²) in [5.41, 5.74) is 6.83. The van der Waals surface area contributed by atoms with Gasteiger partial charge in [-0.1, -0.05) is 12.1 Å². The third kappa shape index (κ3) is 2.45. The second-order valence-electron chi connectivity index (χ2n) is 3.81. The van der Waals surface area contributed by atoms with Crippen LogP contribution in [0.4, 0.5) is 0 Å². The van der Waals surface area contributed by atoms with Crippen LogP contribution in [0.15, 0.2) is 29.3 Å². The molecular formula is C12H17N3O. The van der Waals surface area contributed by atoms with Crippen molar-refractivity contribution in [2.24, 2.45) is 10.7 Å². The first-order chi connectivity index (χ1) is 7.79. The predicted molar refractivity (Wildman–Crippen MR) is 64.8 cm³/mol. The summed E-state index contributed by atoms with van der Waals surface area (Å²) in [6, 6.07) is 8.18. The first kappa shape index (κ1) is 10.8. The molecule has 0 amide bonds. The molecule has 2 rings (SSSR count). The van der Waals surface area contributed by atoms with E-state index in [0.29, 0.717) is 18.5 Å². The second kappa shape index (κ2) is 4.88. The van der Waals surface area contributed by atoms with E-state index in [2.05, 4.69) is 22.4 Å². The normalized spacial score (nSPS) is 19.8. The van der Waals surface area contributed by atoms with Gasteiger partial charge in [0, 0.05) is 12.5 Å². The van der Waals surface area contributed by atoms with Crippen molar-refractivity contribution in [3.63, 3.8) is 0 Å². The Kier molecular flexibility index (Phi) is 3.29. The highest BCUT2D eigenvalue weighted by Crippen LogP contribution is 2.20. The largest absolute Gasteiger partial charge is 0.494 e. The molecule has 4 heteroatoms. The minimum Gasteiger partial charge on any atom is -0.494 e. The quantitative estimate of drug-likeness (QED) is 0.800. The lowest BCUT2D eigenvalue weighted by Gasteiger charge is -2.21. The van der Waals surface area contributed by atoms with Gasteiger partial charge in [-0.2, -0.15) is 0 Å². The van der Waals surface area contributed by atoms with E-state index in [1.807, 2.05) is 19.1 Å². The minimum absolute atomic E-state index is 0.406. The highest BCUT2D eigenvalue weighted by Gasteiger charge is 2.15. The number of hydrogen-bond acceptors (Lipinski definition) is 4. The van der Waals surface area contributed by atoms with Gasteiger partial charge in [-0.15, -0.1) is 0 Å². The maximum absolute atomic E-state index is 5.56. The summed E-state index contributed by atoms with van der Waals surface area (Å²) in [6.45, 7) is 4.29. The number of benzene rings is 1. The van der Waals surface area contributed by atoms with Crippen LogP contribution in [-0.2, 0) is 0 Å². The fraction of sp³-hybridized carbons (Fsp3) is 0.417. The van der Waals surface area contributed by atoms with E-state index >= 15 is 0 Å². The van der Waals surface area contributed by atoms with Gasteiger partial charge in [-0.25, -0.2) is 0 Å². The molecule has 86 valence electrons. The molecule has 1 heterocycles. The van der Waals surface area contributed by atoms with Gasteiger partial charge in [-0.3, -0.25) is 4.99 Å². The molecule has 1 aliphatic rings. The lowest BCUT2D eigenvalue weighted by Crippen LogP contribution is -2.39. The van der Waals surface area contributed by atoms with E-state index in [0.717, 1.165) is 18.8 Å². The van der Waals surface area contributed by atoms with Crippen LogP contribution in [-0.4, -0.2) is 25.7 Å². The number of nitrogens with zero attached hydrogens (tertiary/aromatic N) is 1. The molecular weight excluding hydrogens is 202 g/mol. The van der Waals surface area contributed by atoms with Crippen molar-refractivity contribution in [2.45, 2.75) is 12.8 Å². The van der Waals surface area contributed by atoms with Crippen LogP contribution in [0.1, 0.15) is 18.4 Å². The Morgan fingerprint density at radius 1 is 1.44 bits per heavy atom. The molecule has 0 spiro atoms. The van der Waals surface area contributed by atoms with Crippen molar-refractivity contribution in [1.82, 2.24) is 5.32 Å². The maximum Gasteiger partial charge on any atom is 0.188 e. The summed E-state index contributed by atoms with van der Waals surface area (Å²) in [5.74, 6) is 1.86.